The van der Waals surface area contributed by atoms with Crippen molar-refractivity contribution in [2.45, 2.75) is 20.0 Å². The second-order valence-corrected chi connectivity index (χ2v) is 4.23. The number of carbonyl (C=O) groups excluding carboxylic acids is 1. The van der Waals surface area contributed by atoms with E-state index in [4.69, 9.17) is 10.5 Å². The van der Waals surface area contributed by atoms with Crippen LogP contribution in [0.5, 0.6) is 5.75 Å². The van der Waals surface area contributed by atoms with E-state index >= 15 is 0 Å². The number of esters is 1. The predicted molar refractivity (Wildman–Crippen MR) is 73.9 cm³/mol. The van der Waals surface area contributed by atoms with Crippen LogP contribution in [0.15, 0.2) is 18.2 Å². The molecule has 0 radical (unpaired) electrons. The molecular weight excluding hydrogens is 244 g/mol. The molecule has 2 N–H and O–H groups in total. The molecule has 0 spiro atoms. The van der Waals surface area contributed by atoms with Gasteiger partial charge in [-0.15, -0.1) is 0 Å². The van der Waals surface area contributed by atoms with Gasteiger partial charge in [0.05, 0.1) is 20.8 Å². The SMILES string of the molecule is CCN(CC(=O)OC)Cc1ccc(CN)c(OC)c1. The molecule has 1 rings (SSSR count). The minimum Gasteiger partial charge on any atom is -0.496 e. The first-order chi connectivity index (χ1) is 9.14. The van der Waals surface area contributed by atoms with Gasteiger partial charge in [0.15, 0.2) is 0 Å². The standard InChI is InChI=1S/C14H22N2O3/c1-4-16(10-14(17)19-3)9-11-5-6-12(8-15)13(7-11)18-2/h5-7H,4,8-10,15H2,1-3H3. The van der Waals surface area contributed by atoms with Crippen molar-refractivity contribution in [1.82, 2.24) is 4.90 Å². The van der Waals surface area contributed by atoms with Crippen molar-refractivity contribution in [1.29, 1.82) is 0 Å². The number of rotatable bonds is 7. The highest BCUT2D eigenvalue weighted by Gasteiger charge is 2.11. The van der Waals surface area contributed by atoms with Crippen molar-refractivity contribution in [2.75, 3.05) is 27.3 Å². The monoisotopic (exact) mass is 266 g/mol. The van der Waals surface area contributed by atoms with E-state index in [1.54, 1.807) is 7.11 Å². The van der Waals surface area contributed by atoms with Crippen molar-refractivity contribution < 1.29 is 14.3 Å². The second-order valence-electron chi connectivity index (χ2n) is 4.23. The fourth-order valence-corrected chi connectivity index (χ4v) is 1.84. The van der Waals surface area contributed by atoms with E-state index in [9.17, 15) is 4.79 Å². The Hall–Kier alpha value is -1.59. The van der Waals surface area contributed by atoms with E-state index in [1.807, 2.05) is 30.0 Å². The number of ether oxygens (including phenoxy) is 2. The molecule has 0 saturated carbocycles. The van der Waals surface area contributed by atoms with Gasteiger partial charge in [0.1, 0.15) is 5.75 Å². The zero-order chi connectivity index (χ0) is 14.3. The second kappa shape index (κ2) is 7.76. The average molecular weight is 266 g/mol. The zero-order valence-electron chi connectivity index (χ0n) is 11.8. The maximum atomic E-state index is 11.3. The Morgan fingerprint density at radius 1 is 1.37 bits per heavy atom. The molecule has 0 unspecified atom stereocenters. The van der Waals surface area contributed by atoms with Crippen LogP contribution in [0.4, 0.5) is 0 Å². The van der Waals surface area contributed by atoms with Crippen LogP contribution in [0.25, 0.3) is 0 Å². The Bertz CT molecular complexity index is 421. The number of benzene rings is 1. The molecule has 0 amide bonds. The molecule has 0 saturated heterocycles. The molecule has 0 aliphatic rings. The van der Waals surface area contributed by atoms with E-state index in [0.29, 0.717) is 13.1 Å². The van der Waals surface area contributed by atoms with Gasteiger partial charge in [0, 0.05) is 18.7 Å². The lowest BCUT2D eigenvalue weighted by molar-refractivity contribution is -0.142. The van der Waals surface area contributed by atoms with Gasteiger partial charge in [-0.2, -0.15) is 0 Å². The summed E-state index contributed by atoms with van der Waals surface area (Å²) in [4.78, 5) is 13.3. The Morgan fingerprint density at radius 3 is 2.63 bits per heavy atom. The molecular formula is C14H22N2O3. The Morgan fingerprint density at radius 2 is 2.11 bits per heavy atom. The van der Waals surface area contributed by atoms with Crippen LogP contribution in [-0.4, -0.2) is 38.2 Å². The number of carbonyl (C=O) groups is 1. The molecule has 5 nitrogen and oxygen atoms in total. The quantitative estimate of drug-likeness (QED) is 0.750. The number of nitrogens with zero attached hydrogens (tertiary/aromatic N) is 1. The van der Waals surface area contributed by atoms with Gasteiger partial charge in [-0.05, 0) is 18.2 Å². The summed E-state index contributed by atoms with van der Waals surface area (Å²) in [5.74, 6) is 0.557. The maximum Gasteiger partial charge on any atom is 0.319 e. The lowest BCUT2D eigenvalue weighted by Crippen LogP contribution is -2.30. The number of methoxy groups -OCH3 is 2. The lowest BCUT2D eigenvalue weighted by atomic mass is 10.1. The predicted octanol–water partition coefficient (Wildman–Crippen LogP) is 1.15. The van der Waals surface area contributed by atoms with Gasteiger partial charge in [-0.25, -0.2) is 0 Å². The summed E-state index contributed by atoms with van der Waals surface area (Å²) in [7, 11) is 3.03. The highest BCUT2D eigenvalue weighted by molar-refractivity contribution is 5.71. The topological polar surface area (TPSA) is 64.8 Å². The van der Waals surface area contributed by atoms with Crippen LogP contribution in [0.3, 0.4) is 0 Å². The molecule has 106 valence electrons. The van der Waals surface area contributed by atoms with E-state index in [-0.39, 0.29) is 12.5 Å². The summed E-state index contributed by atoms with van der Waals surface area (Å²) in [5.41, 5.74) is 7.69. The van der Waals surface area contributed by atoms with Crippen molar-refractivity contribution in [3.63, 3.8) is 0 Å². The largest absolute Gasteiger partial charge is 0.496 e. The van der Waals surface area contributed by atoms with Crippen LogP contribution >= 0.6 is 0 Å². The molecule has 19 heavy (non-hydrogen) atoms. The molecule has 1 aromatic carbocycles. The maximum absolute atomic E-state index is 11.3. The van der Waals surface area contributed by atoms with Crippen LogP contribution < -0.4 is 10.5 Å². The molecule has 1 aromatic rings. The first kappa shape index (κ1) is 15.5. The summed E-state index contributed by atoms with van der Waals surface area (Å²) in [5, 5.41) is 0. The molecule has 0 aromatic heterocycles. The van der Waals surface area contributed by atoms with Crippen LogP contribution in [-0.2, 0) is 22.6 Å². The molecule has 5 heteroatoms. The van der Waals surface area contributed by atoms with E-state index < -0.39 is 0 Å². The van der Waals surface area contributed by atoms with Crippen LogP contribution in [0, 0.1) is 0 Å². The van der Waals surface area contributed by atoms with Gasteiger partial charge in [0.25, 0.3) is 0 Å². The molecule has 0 heterocycles. The van der Waals surface area contributed by atoms with Gasteiger partial charge in [-0.1, -0.05) is 19.1 Å². The zero-order valence-corrected chi connectivity index (χ0v) is 11.8. The number of hydrogen-bond donors (Lipinski definition) is 1. The van der Waals surface area contributed by atoms with Crippen LogP contribution in [0.2, 0.25) is 0 Å². The Kier molecular flexibility index (Phi) is 6.32. The van der Waals surface area contributed by atoms with Crippen molar-refractivity contribution >= 4 is 5.97 Å². The highest BCUT2D eigenvalue weighted by Crippen LogP contribution is 2.20. The lowest BCUT2D eigenvalue weighted by Gasteiger charge is -2.19. The van der Waals surface area contributed by atoms with Gasteiger partial charge in [-0.3, -0.25) is 9.69 Å². The molecule has 0 atom stereocenters. The summed E-state index contributed by atoms with van der Waals surface area (Å²) in [6.45, 7) is 4.19. The first-order valence-electron chi connectivity index (χ1n) is 6.29. The third kappa shape index (κ3) is 4.54. The normalized spacial score (nSPS) is 10.6. The summed E-state index contributed by atoms with van der Waals surface area (Å²) >= 11 is 0. The third-order valence-electron chi connectivity index (χ3n) is 3.01. The molecule has 0 bridgehead atoms. The van der Waals surface area contributed by atoms with E-state index in [0.717, 1.165) is 23.4 Å². The average Bonchev–Trinajstić information content (AvgIpc) is 2.45. The smallest absolute Gasteiger partial charge is 0.319 e. The molecule has 0 aliphatic carbocycles. The number of nitrogens with two attached hydrogens (primary N) is 1. The molecule has 0 aliphatic heterocycles. The van der Waals surface area contributed by atoms with E-state index in [1.165, 1.54) is 7.11 Å². The Balaban J connectivity index is 2.77. The minimum atomic E-state index is -0.229. The number of hydrogen-bond acceptors (Lipinski definition) is 5. The van der Waals surface area contributed by atoms with Gasteiger partial charge in [0.2, 0.25) is 0 Å². The number of likely N-dealkylation sites (N-methyl/N-ethyl adjacent to an activating group) is 1. The van der Waals surface area contributed by atoms with Crippen molar-refractivity contribution in [2.24, 2.45) is 5.73 Å². The van der Waals surface area contributed by atoms with Gasteiger partial charge >= 0.3 is 5.97 Å². The summed E-state index contributed by atoms with van der Waals surface area (Å²) in [6, 6.07) is 5.92. The molecule has 0 fully saturated rings. The first-order valence-corrected chi connectivity index (χ1v) is 6.29. The fraction of sp³-hybridized carbons (Fsp3) is 0.500. The van der Waals surface area contributed by atoms with Crippen LogP contribution in [0.1, 0.15) is 18.1 Å². The Labute approximate surface area is 114 Å². The fourth-order valence-electron chi connectivity index (χ4n) is 1.84. The highest BCUT2D eigenvalue weighted by atomic mass is 16.5. The van der Waals surface area contributed by atoms with E-state index in [2.05, 4.69) is 4.74 Å². The van der Waals surface area contributed by atoms with Crippen molar-refractivity contribution in [3.8, 4) is 5.75 Å². The summed E-state index contributed by atoms with van der Waals surface area (Å²) in [6.07, 6.45) is 0. The summed E-state index contributed by atoms with van der Waals surface area (Å²) < 4.78 is 9.98. The van der Waals surface area contributed by atoms with Gasteiger partial charge < -0.3 is 15.2 Å². The third-order valence-corrected chi connectivity index (χ3v) is 3.01. The van der Waals surface area contributed by atoms with Crippen molar-refractivity contribution in [3.05, 3.63) is 29.3 Å². The minimum absolute atomic E-state index is 0.229.